The van der Waals surface area contributed by atoms with E-state index in [1.54, 1.807) is 31.3 Å². The van der Waals surface area contributed by atoms with E-state index in [9.17, 15) is 15.0 Å². The van der Waals surface area contributed by atoms with Crippen LogP contribution < -0.4 is 5.32 Å². The lowest BCUT2D eigenvalue weighted by Crippen LogP contribution is -2.30. The standard InChI is InChI=1S/C22H29NO3/c1-4-22(2,17-10-14-19(25)15-11-17)20(6-5-7-21(26)23-3)16-8-12-18(24)13-9-16/h8-15,20,24-25H,4-7H2,1-3H3,(H,23,26)/t20-,22+/m1/s1. The molecule has 4 nitrogen and oxygen atoms in total. The van der Waals surface area contributed by atoms with Crippen LogP contribution in [0.3, 0.4) is 0 Å². The summed E-state index contributed by atoms with van der Waals surface area (Å²) in [7, 11) is 1.66. The number of benzene rings is 2. The van der Waals surface area contributed by atoms with Gasteiger partial charge in [0.05, 0.1) is 0 Å². The van der Waals surface area contributed by atoms with Crippen molar-refractivity contribution in [2.45, 2.75) is 50.9 Å². The van der Waals surface area contributed by atoms with Crippen molar-refractivity contribution in [3.63, 3.8) is 0 Å². The van der Waals surface area contributed by atoms with Gasteiger partial charge < -0.3 is 15.5 Å². The predicted molar refractivity (Wildman–Crippen MR) is 105 cm³/mol. The molecule has 0 saturated carbocycles. The van der Waals surface area contributed by atoms with Crippen LogP contribution in [-0.2, 0) is 10.2 Å². The van der Waals surface area contributed by atoms with Gasteiger partial charge in [0.25, 0.3) is 0 Å². The third-order valence-electron chi connectivity index (χ3n) is 5.50. The number of amides is 1. The van der Waals surface area contributed by atoms with E-state index in [-0.39, 0.29) is 28.7 Å². The molecule has 2 rings (SSSR count). The van der Waals surface area contributed by atoms with Gasteiger partial charge in [-0.05, 0) is 66.0 Å². The van der Waals surface area contributed by atoms with Crippen molar-refractivity contribution < 1.29 is 15.0 Å². The van der Waals surface area contributed by atoms with Crippen molar-refractivity contribution in [1.82, 2.24) is 5.32 Å². The number of phenols is 2. The fraction of sp³-hybridized carbons (Fsp3) is 0.409. The first kappa shape index (κ1) is 19.8. The first-order valence-corrected chi connectivity index (χ1v) is 9.19. The number of hydrogen-bond donors (Lipinski definition) is 3. The molecule has 0 spiro atoms. The number of rotatable bonds is 8. The molecule has 0 bridgehead atoms. The minimum Gasteiger partial charge on any atom is -0.508 e. The molecule has 0 aromatic heterocycles. The Balaban J connectivity index is 2.37. The molecule has 2 aromatic carbocycles. The summed E-state index contributed by atoms with van der Waals surface area (Å²) in [5.74, 6) is 0.758. The van der Waals surface area contributed by atoms with Crippen LogP contribution in [-0.4, -0.2) is 23.2 Å². The molecule has 0 saturated heterocycles. The molecule has 0 aliphatic rings. The third-order valence-corrected chi connectivity index (χ3v) is 5.50. The Labute approximate surface area is 155 Å². The zero-order valence-electron chi connectivity index (χ0n) is 15.8. The van der Waals surface area contributed by atoms with E-state index in [0.717, 1.165) is 30.4 Å². The van der Waals surface area contributed by atoms with Crippen molar-refractivity contribution in [1.29, 1.82) is 0 Å². The minimum atomic E-state index is -0.145. The molecule has 0 aliphatic carbocycles. The van der Waals surface area contributed by atoms with Gasteiger partial charge in [-0.15, -0.1) is 0 Å². The lowest BCUT2D eigenvalue weighted by Gasteiger charge is -2.38. The summed E-state index contributed by atoms with van der Waals surface area (Å²) in [5, 5.41) is 22.0. The Hall–Kier alpha value is -2.49. The van der Waals surface area contributed by atoms with E-state index in [0.29, 0.717) is 6.42 Å². The van der Waals surface area contributed by atoms with Crippen LogP contribution in [0.5, 0.6) is 11.5 Å². The van der Waals surface area contributed by atoms with Crippen LogP contribution in [0.4, 0.5) is 0 Å². The summed E-state index contributed by atoms with van der Waals surface area (Å²) < 4.78 is 0. The molecule has 0 radical (unpaired) electrons. The van der Waals surface area contributed by atoms with Crippen LogP contribution in [0.15, 0.2) is 48.5 Å². The number of nitrogens with one attached hydrogen (secondary N) is 1. The van der Waals surface area contributed by atoms with E-state index in [1.165, 1.54) is 0 Å². The zero-order valence-corrected chi connectivity index (χ0v) is 15.8. The summed E-state index contributed by atoms with van der Waals surface area (Å²) >= 11 is 0. The van der Waals surface area contributed by atoms with Crippen LogP contribution in [0.25, 0.3) is 0 Å². The Kier molecular flexibility index (Phi) is 6.67. The second-order valence-electron chi connectivity index (χ2n) is 7.03. The zero-order chi connectivity index (χ0) is 19.2. The Bertz CT molecular complexity index is 709. The largest absolute Gasteiger partial charge is 0.508 e. The topological polar surface area (TPSA) is 69.6 Å². The van der Waals surface area contributed by atoms with Crippen LogP contribution >= 0.6 is 0 Å². The van der Waals surface area contributed by atoms with Gasteiger partial charge in [0.2, 0.25) is 5.91 Å². The molecule has 4 heteroatoms. The SMILES string of the molecule is CC[C@@](C)(c1ccc(O)cc1)[C@H](CCCC(=O)NC)c1ccc(O)cc1. The molecule has 2 atom stereocenters. The smallest absolute Gasteiger partial charge is 0.219 e. The lowest BCUT2D eigenvalue weighted by molar-refractivity contribution is -0.120. The molecule has 26 heavy (non-hydrogen) atoms. The van der Waals surface area contributed by atoms with Gasteiger partial charge in [-0.25, -0.2) is 0 Å². The average Bonchev–Trinajstić information content (AvgIpc) is 2.66. The Morgan fingerprint density at radius 2 is 1.58 bits per heavy atom. The maximum absolute atomic E-state index is 11.6. The van der Waals surface area contributed by atoms with Crippen molar-refractivity contribution in [2.24, 2.45) is 0 Å². The van der Waals surface area contributed by atoms with Gasteiger partial charge in [-0.2, -0.15) is 0 Å². The van der Waals surface area contributed by atoms with Crippen molar-refractivity contribution >= 4 is 5.91 Å². The highest BCUT2D eigenvalue weighted by molar-refractivity contribution is 5.75. The van der Waals surface area contributed by atoms with E-state index in [4.69, 9.17) is 0 Å². The van der Waals surface area contributed by atoms with Crippen molar-refractivity contribution in [2.75, 3.05) is 7.05 Å². The number of carbonyl (C=O) groups is 1. The van der Waals surface area contributed by atoms with Gasteiger partial charge >= 0.3 is 0 Å². The highest BCUT2D eigenvalue weighted by Gasteiger charge is 2.35. The number of phenolic OH excluding ortho intramolecular Hbond substituents is 2. The fourth-order valence-electron chi connectivity index (χ4n) is 3.65. The summed E-state index contributed by atoms with van der Waals surface area (Å²) in [6, 6.07) is 14.8. The number of carbonyl (C=O) groups excluding carboxylic acids is 1. The third kappa shape index (κ3) is 4.57. The quantitative estimate of drug-likeness (QED) is 0.654. The highest BCUT2D eigenvalue weighted by atomic mass is 16.3. The molecular weight excluding hydrogens is 326 g/mol. The molecule has 0 heterocycles. The van der Waals surface area contributed by atoms with Gasteiger partial charge in [0, 0.05) is 13.5 Å². The maximum Gasteiger partial charge on any atom is 0.219 e. The first-order chi connectivity index (χ1) is 12.4. The summed E-state index contributed by atoms with van der Waals surface area (Å²) in [6.07, 6.45) is 3.08. The van der Waals surface area contributed by atoms with E-state index >= 15 is 0 Å². The van der Waals surface area contributed by atoms with Gasteiger partial charge in [-0.1, -0.05) is 38.1 Å². The predicted octanol–water partition coefficient (Wildman–Crippen LogP) is 4.47. The molecule has 0 fully saturated rings. The highest BCUT2D eigenvalue weighted by Crippen LogP contribution is 2.45. The second-order valence-corrected chi connectivity index (χ2v) is 7.03. The van der Waals surface area contributed by atoms with Crippen LogP contribution in [0.1, 0.15) is 56.6 Å². The molecule has 2 aromatic rings. The normalized spacial score (nSPS) is 14.4. The molecule has 3 N–H and O–H groups in total. The van der Waals surface area contributed by atoms with Gasteiger partial charge in [0.1, 0.15) is 11.5 Å². The summed E-state index contributed by atoms with van der Waals surface area (Å²) in [4.78, 5) is 11.6. The minimum absolute atomic E-state index is 0.0530. The summed E-state index contributed by atoms with van der Waals surface area (Å²) in [6.45, 7) is 4.40. The van der Waals surface area contributed by atoms with E-state index in [1.807, 2.05) is 24.3 Å². The van der Waals surface area contributed by atoms with Gasteiger partial charge in [-0.3, -0.25) is 4.79 Å². The van der Waals surface area contributed by atoms with E-state index < -0.39 is 0 Å². The average molecular weight is 355 g/mol. The Morgan fingerprint density at radius 1 is 1.04 bits per heavy atom. The molecule has 140 valence electrons. The van der Waals surface area contributed by atoms with Gasteiger partial charge in [0.15, 0.2) is 0 Å². The monoisotopic (exact) mass is 355 g/mol. The Morgan fingerprint density at radius 3 is 2.08 bits per heavy atom. The van der Waals surface area contributed by atoms with Crippen molar-refractivity contribution in [3.05, 3.63) is 59.7 Å². The molecule has 1 amide bonds. The fourth-order valence-corrected chi connectivity index (χ4v) is 3.65. The van der Waals surface area contributed by atoms with E-state index in [2.05, 4.69) is 19.2 Å². The molecule has 0 unspecified atom stereocenters. The van der Waals surface area contributed by atoms with Crippen LogP contribution in [0.2, 0.25) is 0 Å². The second kappa shape index (κ2) is 8.75. The molecular formula is C22H29NO3. The first-order valence-electron chi connectivity index (χ1n) is 9.19. The van der Waals surface area contributed by atoms with Crippen LogP contribution in [0, 0.1) is 0 Å². The summed E-state index contributed by atoms with van der Waals surface area (Å²) in [5.41, 5.74) is 2.17. The number of aromatic hydroxyl groups is 2. The van der Waals surface area contributed by atoms with Crippen molar-refractivity contribution in [3.8, 4) is 11.5 Å². The molecule has 0 aliphatic heterocycles. The lowest BCUT2D eigenvalue weighted by atomic mass is 9.65. The maximum atomic E-state index is 11.6. The number of hydrogen-bond acceptors (Lipinski definition) is 3.